The Labute approximate surface area is 102 Å². The molecule has 1 rings (SSSR count). The second-order valence-electron chi connectivity index (χ2n) is 4.74. The fourth-order valence-corrected chi connectivity index (χ4v) is 1.91. The fraction of sp³-hybridized carbons (Fsp3) is 0.538. The van der Waals surface area contributed by atoms with E-state index in [2.05, 4.69) is 19.2 Å². The maximum Gasteiger partial charge on any atom is 0.269 e. The molecule has 17 heavy (non-hydrogen) atoms. The quantitative estimate of drug-likeness (QED) is 0.610. The first-order chi connectivity index (χ1) is 8.02. The predicted molar refractivity (Wildman–Crippen MR) is 69.1 cm³/mol. The van der Waals surface area contributed by atoms with Gasteiger partial charge in [-0.1, -0.05) is 26.0 Å². The van der Waals surface area contributed by atoms with Crippen molar-refractivity contribution in [2.24, 2.45) is 5.92 Å². The van der Waals surface area contributed by atoms with Crippen LogP contribution in [0, 0.1) is 16.0 Å². The van der Waals surface area contributed by atoms with Crippen LogP contribution in [-0.4, -0.2) is 18.0 Å². The lowest BCUT2D eigenvalue weighted by Gasteiger charge is -2.18. The van der Waals surface area contributed by atoms with E-state index in [0.717, 1.165) is 18.4 Å². The molecule has 94 valence electrons. The molecule has 0 spiro atoms. The van der Waals surface area contributed by atoms with Gasteiger partial charge >= 0.3 is 0 Å². The van der Waals surface area contributed by atoms with Crippen molar-refractivity contribution < 1.29 is 4.92 Å². The summed E-state index contributed by atoms with van der Waals surface area (Å²) >= 11 is 0. The molecule has 0 heterocycles. The lowest BCUT2D eigenvalue weighted by molar-refractivity contribution is -0.384. The molecule has 1 aromatic rings. The van der Waals surface area contributed by atoms with Crippen LogP contribution in [0.15, 0.2) is 24.3 Å². The number of likely N-dealkylation sites (N-methyl/N-ethyl adjacent to an activating group) is 1. The number of benzene rings is 1. The Balaban J connectivity index is 2.64. The van der Waals surface area contributed by atoms with Crippen LogP contribution in [-0.2, 0) is 6.42 Å². The maximum atomic E-state index is 10.5. The minimum absolute atomic E-state index is 0.151. The summed E-state index contributed by atoms with van der Waals surface area (Å²) in [7, 11) is 1.96. The van der Waals surface area contributed by atoms with E-state index in [1.807, 2.05) is 19.2 Å². The summed E-state index contributed by atoms with van der Waals surface area (Å²) in [6.07, 6.45) is 2.01. The molecule has 0 saturated heterocycles. The smallest absolute Gasteiger partial charge is 0.269 e. The molecule has 0 bridgehead atoms. The van der Waals surface area contributed by atoms with Crippen molar-refractivity contribution in [3.63, 3.8) is 0 Å². The molecule has 0 aliphatic carbocycles. The Morgan fingerprint density at radius 2 is 1.88 bits per heavy atom. The molecule has 0 aliphatic heterocycles. The first-order valence-corrected chi connectivity index (χ1v) is 5.93. The van der Waals surface area contributed by atoms with E-state index >= 15 is 0 Å². The second-order valence-corrected chi connectivity index (χ2v) is 4.74. The fourth-order valence-electron chi connectivity index (χ4n) is 1.91. The number of nitrogens with one attached hydrogen (secondary N) is 1. The SMILES string of the molecule is CNC(Cc1ccc([N+](=O)[O-])cc1)CC(C)C. The molecule has 0 aromatic heterocycles. The number of hydrogen-bond donors (Lipinski definition) is 1. The third kappa shape index (κ3) is 4.53. The zero-order valence-corrected chi connectivity index (χ0v) is 10.6. The average Bonchev–Trinajstić information content (AvgIpc) is 2.28. The van der Waals surface area contributed by atoms with E-state index < -0.39 is 0 Å². The summed E-state index contributed by atoms with van der Waals surface area (Å²) in [5, 5.41) is 13.8. The molecule has 1 aromatic carbocycles. The van der Waals surface area contributed by atoms with Crippen molar-refractivity contribution in [2.75, 3.05) is 7.05 Å². The zero-order valence-electron chi connectivity index (χ0n) is 10.6. The lowest BCUT2D eigenvalue weighted by Crippen LogP contribution is -2.29. The van der Waals surface area contributed by atoms with Crippen LogP contribution in [0.1, 0.15) is 25.8 Å². The molecule has 4 nitrogen and oxygen atoms in total. The zero-order chi connectivity index (χ0) is 12.8. The number of nitro benzene ring substituents is 1. The van der Waals surface area contributed by atoms with Crippen LogP contribution in [0.4, 0.5) is 5.69 Å². The van der Waals surface area contributed by atoms with Crippen molar-refractivity contribution in [3.05, 3.63) is 39.9 Å². The Kier molecular flexibility index (Phi) is 5.10. The third-order valence-electron chi connectivity index (χ3n) is 2.79. The van der Waals surface area contributed by atoms with E-state index in [-0.39, 0.29) is 10.6 Å². The summed E-state index contributed by atoms with van der Waals surface area (Å²) in [6.45, 7) is 4.39. The minimum atomic E-state index is -0.368. The van der Waals surface area contributed by atoms with Crippen molar-refractivity contribution in [3.8, 4) is 0 Å². The Morgan fingerprint density at radius 1 is 1.29 bits per heavy atom. The Bertz CT molecular complexity index is 360. The van der Waals surface area contributed by atoms with Gasteiger partial charge in [0.05, 0.1) is 4.92 Å². The molecule has 1 atom stereocenters. The van der Waals surface area contributed by atoms with Gasteiger partial charge in [-0.25, -0.2) is 0 Å². The van der Waals surface area contributed by atoms with Gasteiger partial charge in [0.15, 0.2) is 0 Å². The standard InChI is InChI=1S/C13H20N2O2/c1-10(2)8-12(14-3)9-11-4-6-13(7-5-11)15(16)17/h4-7,10,12,14H,8-9H2,1-3H3. The molecule has 0 fully saturated rings. The maximum absolute atomic E-state index is 10.5. The van der Waals surface area contributed by atoms with Crippen molar-refractivity contribution >= 4 is 5.69 Å². The van der Waals surface area contributed by atoms with Gasteiger partial charge in [0.2, 0.25) is 0 Å². The molecule has 0 saturated carbocycles. The number of hydrogen-bond acceptors (Lipinski definition) is 3. The summed E-state index contributed by atoms with van der Waals surface area (Å²) in [4.78, 5) is 10.2. The van der Waals surface area contributed by atoms with Gasteiger partial charge in [0.1, 0.15) is 0 Å². The minimum Gasteiger partial charge on any atom is -0.317 e. The van der Waals surface area contributed by atoms with E-state index in [4.69, 9.17) is 0 Å². The van der Waals surface area contributed by atoms with Crippen LogP contribution >= 0.6 is 0 Å². The third-order valence-corrected chi connectivity index (χ3v) is 2.79. The van der Waals surface area contributed by atoms with Crippen LogP contribution in [0.3, 0.4) is 0 Å². The molecule has 1 N–H and O–H groups in total. The number of rotatable bonds is 6. The van der Waals surface area contributed by atoms with Crippen LogP contribution in [0.5, 0.6) is 0 Å². The first-order valence-electron chi connectivity index (χ1n) is 5.93. The number of nitro groups is 1. The van der Waals surface area contributed by atoms with Gasteiger partial charge < -0.3 is 5.32 Å². The molecular formula is C13H20N2O2. The molecule has 4 heteroatoms. The van der Waals surface area contributed by atoms with Gasteiger partial charge in [0.25, 0.3) is 5.69 Å². The van der Waals surface area contributed by atoms with Gasteiger partial charge in [-0.2, -0.15) is 0 Å². The number of nitrogens with zero attached hydrogens (tertiary/aromatic N) is 1. The van der Waals surface area contributed by atoms with Crippen LogP contribution in [0.2, 0.25) is 0 Å². The summed E-state index contributed by atoms with van der Waals surface area (Å²) in [6, 6.07) is 7.23. The highest BCUT2D eigenvalue weighted by Crippen LogP contribution is 2.15. The van der Waals surface area contributed by atoms with Gasteiger partial charge in [0, 0.05) is 18.2 Å². The van der Waals surface area contributed by atoms with E-state index in [9.17, 15) is 10.1 Å². The second kappa shape index (κ2) is 6.35. The highest BCUT2D eigenvalue weighted by atomic mass is 16.6. The Hall–Kier alpha value is -1.42. The first kappa shape index (κ1) is 13.6. The predicted octanol–water partition coefficient (Wildman–Crippen LogP) is 2.77. The summed E-state index contributed by atoms with van der Waals surface area (Å²) < 4.78 is 0. The van der Waals surface area contributed by atoms with E-state index in [1.54, 1.807) is 12.1 Å². The topological polar surface area (TPSA) is 55.2 Å². The lowest BCUT2D eigenvalue weighted by atomic mass is 9.97. The summed E-state index contributed by atoms with van der Waals surface area (Å²) in [5.41, 5.74) is 1.29. The number of non-ortho nitro benzene ring substituents is 1. The molecule has 1 unspecified atom stereocenters. The van der Waals surface area contributed by atoms with E-state index in [0.29, 0.717) is 12.0 Å². The molecule has 0 radical (unpaired) electrons. The highest BCUT2D eigenvalue weighted by Gasteiger charge is 2.10. The van der Waals surface area contributed by atoms with Crippen molar-refractivity contribution in [1.29, 1.82) is 0 Å². The largest absolute Gasteiger partial charge is 0.317 e. The van der Waals surface area contributed by atoms with Gasteiger partial charge in [-0.3, -0.25) is 10.1 Å². The van der Waals surface area contributed by atoms with Crippen LogP contribution < -0.4 is 5.32 Å². The summed E-state index contributed by atoms with van der Waals surface area (Å²) in [5.74, 6) is 0.644. The van der Waals surface area contributed by atoms with Crippen molar-refractivity contribution in [2.45, 2.75) is 32.7 Å². The normalized spacial score (nSPS) is 12.7. The van der Waals surface area contributed by atoms with Crippen LogP contribution in [0.25, 0.3) is 0 Å². The van der Waals surface area contributed by atoms with E-state index in [1.165, 1.54) is 0 Å². The molecule has 0 aliphatic rings. The Morgan fingerprint density at radius 3 is 2.29 bits per heavy atom. The molecular weight excluding hydrogens is 216 g/mol. The van der Waals surface area contributed by atoms with Gasteiger partial charge in [-0.15, -0.1) is 0 Å². The van der Waals surface area contributed by atoms with Gasteiger partial charge in [-0.05, 0) is 31.4 Å². The monoisotopic (exact) mass is 236 g/mol. The van der Waals surface area contributed by atoms with Crippen molar-refractivity contribution in [1.82, 2.24) is 5.32 Å². The average molecular weight is 236 g/mol. The molecule has 0 amide bonds. The highest BCUT2D eigenvalue weighted by molar-refractivity contribution is 5.33.